The van der Waals surface area contributed by atoms with E-state index < -0.39 is 20.4 Å². The summed E-state index contributed by atoms with van der Waals surface area (Å²) in [5.41, 5.74) is 0.531. The van der Waals surface area contributed by atoms with Gasteiger partial charge < -0.3 is 4.74 Å². The van der Waals surface area contributed by atoms with Gasteiger partial charge in [0.2, 0.25) is 5.82 Å². The lowest BCUT2D eigenvalue weighted by molar-refractivity contribution is 0.214. The molecular weight excluding hydrogens is 377 g/mol. The SMILES string of the molecule is CCOc1ccc(C2CCC([C@H]3CC[Si@H](CCCCF)CC3)CC2)c(F)c1F. The monoisotopic (exact) mass is 412 g/mol. The Morgan fingerprint density at radius 1 is 0.929 bits per heavy atom. The molecule has 1 aromatic rings. The number of hydrogen-bond donors (Lipinski definition) is 0. The van der Waals surface area contributed by atoms with Crippen molar-refractivity contribution in [1.82, 2.24) is 0 Å². The summed E-state index contributed by atoms with van der Waals surface area (Å²) in [6.07, 6.45) is 8.75. The molecule has 158 valence electrons. The van der Waals surface area contributed by atoms with Gasteiger partial charge in [-0.05, 0) is 68.4 Å². The van der Waals surface area contributed by atoms with Crippen molar-refractivity contribution in [3.8, 4) is 5.75 Å². The first-order valence-corrected chi connectivity index (χ1v) is 13.8. The normalized spacial score (nSPS) is 28.3. The van der Waals surface area contributed by atoms with Crippen molar-refractivity contribution in [1.29, 1.82) is 0 Å². The van der Waals surface area contributed by atoms with Gasteiger partial charge in [0.15, 0.2) is 11.6 Å². The average molecular weight is 413 g/mol. The minimum absolute atomic E-state index is 0.0184. The molecule has 0 aromatic heterocycles. The summed E-state index contributed by atoms with van der Waals surface area (Å²) >= 11 is 0. The highest BCUT2D eigenvalue weighted by Gasteiger charge is 2.32. The van der Waals surface area contributed by atoms with E-state index in [1.54, 1.807) is 19.1 Å². The second-order valence-electron chi connectivity index (χ2n) is 8.79. The van der Waals surface area contributed by atoms with E-state index in [4.69, 9.17) is 4.74 Å². The molecule has 1 saturated heterocycles. The molecule has 0 amide bonds. The molecule has 0 N–H and O–H groups in total. The van der Waals surface area contributed by atoms with Crippen LogP contribution in [0.15, 0.2) is 12.1 Å². The minimum Gasteiger partial charge on any atom is -0.491 e. The van der Waals surface area contributed by atoms with Crippen molar-refractivity contribution >= 4 is 8.80 Å². The van der Waals surface area contributed by atoms with Gasteiger partial charge in [0.25, 0.3) is 0 Å². The second-order valence-corrected chi connectivity index (χ2v) is 12.3. The smallest absolute Gasteiger partial charge is 0.200 e. The first kappa shape index (κ1) is 21.7. The van der Waals surface area contributed by atoms with Gasteiger partial charge in [0.1, 0.15) is 0 Å². The van der Waals surface area contributed by atoms with E-state index in [0.717, 1.165) is 50.4 Å². The Morgan fingerprint density at radius 3 is 2.25 bits per heavy atom. The van der Waals surface area contributed by atoms with Crippen LogP contribution >= 0.6 is 0 Å². The zero-order valence-corrected chi connectivity index (χ0v) is 18.4. The van der Waals surface area contributed by atoms with Crippen LogP contribution in [0.3, 0.4) is 0 Å². The van der Waals surface area contributed by atoms with Crippen molar-refractivity contribution in [2.75, 3.05) is 13.3 Å². The lowest BCUT2D eigenvalue weighted by Crippen LogP contribution is -2.28. The van der Waals surface area contributed by atoms with Gasteiger partial charge in [-0.25, -0.2) is 4.39 Å². The summed E-state index contributed by atoms with van der Waals surface area (Å²) in [4.78, 5) is 0. The third-order valence-electron chi connectivity index (χ3n) is 7.14. The summed E-state index contributed by atoms with van der Waals surface area (Å²) in [7, 11) is -0.605. The molecule has 0 radical (unpaired) electrons. The van der Waals surface area contributed by atoms with E-state index in [-0.39, 0.29) is 18.3 Å². The fraction of sp³-hybridized carbons (Fsp3) is 0.739. The molecule has 1 aliphatic carbocycles. The lowest BCUT2D eigenvalue weighted by atomic mass is 9.72. The van der Waals surface area contributed by atoms with Crippen molar-refractivity contribution in [3.05, 3.63) is 29.3 Å². The molecule has 0 bridgehead atoms. The summed E-state index contributed by atoms with van der Waals surface area (Å²) in [5.74, 6) is 0.185. The Hall–Kier alpha value is -0.973. The molecular formula is C23H35F3OSi. The van der Waals surface area contributed by atoms with Crippen LogP contribution in [0.1, 0.15) is 69.8 Å². The van der Waals surface area contributed by atoms with Crippen LogP contribution in [0, 0.1) is 23.5 Å². The van der Waals surface area contributed by atoms with Crippen LogP contribution in [0.25, 0.3) is 0 Å². The number of unbranched alkanes of at least 4 members (excludes halogenated alkanes) is 1. The standard InChI is InChI=1S/C23H35F3OSi/c1-2-27-21-10-9-20(22(25)23(21)26)19-7-5-17(6-8-19)18-11-15-28(16-12-18)14-4-3-13-24/h9-10,17-19,28H,2-8,11-16H2,1H3/t17?,18-,19?,28-. The second kappa shape index (κ2) is 10.7. The average Bonchev–Trinajstić information content (AvgIpc) is 2.73. The molecule has 1 saturated carbocycles. The van der Waals surface area contributed by atoms with E-state index in [9.17, 15) is 13.2 Å². The van der Waals surface area contributed by atoms with Crippen LogP contribution in [-0.4, -0.2) is 22.1 Å². The molecule has 1 heterocycles. The number of ether oxygens (including phenoxy) is 1. The number of halogens is 3. The van der Waals surface area contributed by atoms with E-state index >= 15 is 0 Å². The van der Waals surface area contributed by atoms with Crippen LogP contribution in [0.5, 0.6) is 5.75 Å². The van der Waals surface area contributed by atoms with Crippen molar-refractivity contribution in [3.63, 3.8) is 0 Å². The highest BCUT2D eigenvalue weighted by molar-refractivity contribution is 6.58. The van der Waals surface area contributed by atoms with Gasteiger partial charge in [-0.1, -0.05) is 43.5 Å². The Bertz CT molecular complexity index is 608. The maximum atomic E-state index is 14.5. The van der Waals surface area contributed by atoms with E-state index in [0.29, 0.717) is 12.2 Å². The largest absolute Gasteiger partial charge is 0.491 e. The topological polar surface area (TPSA) is 9.23 Å². The number of rotatable bonds is 8. The first-order chi connectivity index (χ1) is 13.6. The van der Waals surface area contributed by atoms with Gasteiger partial charge in [-0.2, -0.15) is 4.39 Å². The Kier molecular flexibility index (Phi) is 8.31. The molecule has 1 aromatic carbocycles. The summed E-state index contributed by atoms with van der Waals surface area (Å²) in [6.45, 7) is 1.94. The highest BCUT2D eigenvalue weighted by Crippen LogP contribution is 2.44. The molecule has 5 heteroatoms. The molecule has 0 unspecified atom stereocenters. The fourth-order valence-electron chi connectivity index (χ4n) is 5.51. The van der Waals surface area contributed by atoms with Crippen LogP contribution in [-0.2, 0) is 0 Å². The van der Waals surface area contributed by atoms with Gasteiger partial charge >= 0.3 is 0 Å². The van der Waals surface area contributed by atoms with Crippen molar-refractivity contribution in [2.45, 2.75) is 82.3 Å². The van der Waals surface area contributed by atoms with E-state index in [1.807, 2.05) is 0 Å². The Balaban J connectivity index is 1.48. The van der Waals surface area contributed by atoms with Gasteiger partial charge in [0.05, 0.1) is 13.3 Å². The van der Waals surface area contributed by atoms with E-state index in [1.165, 1.54) is 31.0 Å². The third-order valence-corrected chi connectivity index (χ3v) is 10.7. The lowest BCUT2D eigenvalue weighted by Gasteiger charge is -2.37. The zero-order valence-electron chi connectivity index (χ0n) is 17.2. The molecule has 1 aliphatic heterocycles. The number of alkyl halides is 1. The summed E-state index contributed by atoms with van der Waals surface area (Å²) in [5, 5.41) is 0. The van der Waals surface area contributed by atoms with Gasteiger partial charge in [0, 0.05) is 8.80 Å². The quantitative estimate of drug-likeness (QED) is 0.329. The highest BCUT2D eigenvalue weighted by atomic mass is 28.3. The van der Waals surface area contributed by atoms with Gasteiger partial charge in [-0.15, -0.1) is 0 Å². The number of hydrogen-bond acceptors (Lipinski definition) is 1. The molecule has 2 aliphatic rings. The molecule has 3 rings (SSSR count). The molecule has 0 spiro atoms. The third kappa shape index (κ3) is 5.34. The fourth-order valence-corrected chi connectivity index (χ4v) is 9.04. The zero-order chi connectivity index (χ0) is 19.9. The predicted octanol–water partition coefficient (Wildman–Crippen LogP) is 7.02. The van der Waals surface area contributed by atoms with Gasteiger partial charge in [-0.3, -0.25) is 4.39 Å². The summed E-state index contributed by atoms with van der Waals surface area (Å²) < 4.78 is 46.2. The molecule has 28 heavy (non-hydrogen) atoms. The van der Waals surface area contributed by atoms with Crippen molar-refractivity contribution in [2.24, 2.45) is 11.8 Å². The van der Waals surface area contributed by atoms with Crippen LogP contribution < -0.4 is 4.74 Å². The molecule has 2 fully saturated rings. The first-order valence-electron chi connectivity index (χ1n) is 11.3. The Labute approximate surface area is 169 Å². The molecule has 0 atom stereocenters. The number of benzene rings is 1. The minimum atomic E-state index is -0.836. The van der Waals surface area contributed by atoms with Crippen molar-refractivity contribution < 1.29 is 17.9 Å². The van der Waals surface area contributed by atoms with Crippen LogP contribution in [0.4, 0.5) is 13.2 Å². The predicted molar refractivity (Wildman–Crippen MR) is 112 cm³/mol. The van der Waals surface area contributed by atoms with Crippen LogP contribution in [0.2, 0.25) is 18.1 Å². The maximum Gasteiger partial charge on any atom is 0.200 e. The molecule has 1 nitrogen and oxygen atoms in total. The summed E-state index contributed by atoms with van der Waals surface area (Å²) in [6, 6.07) is 7.48. The van der Waals surface area contributed by atoms with E-state index in [2.05, 4.69) is 0 Å². The maximum absolute atomic E-state index is 14.5. The Morgan fingerprint density at radius 2 is 1.61 bits per heavy atom.